The van der Waals surface area contributed by atoms with Crippen molar-refractivity contribution in [2.75, 3.05) is 17.5 Å². The van der Waals surface area contributed by atoms with Gasteiger partial charge in [-0.05, 0) is 48.6 Å². The second-order valence-electron chi connectivity index (χ2n) is 8.73. The first-order valence-corrected chi connectivity index (χ1v) is 14.3. The van der Waals surface area contributed by atoms with E-state index in [0.717, 1.165) is 47.8 Å². The summed E-state index contributed by atoms with van der Waals surface area (Å²) in [5, 5.41) is 16.8. The molecule has 12 heteroatoms. The smallest absolute Gasteiger partial charge is 0.271 e. The summed E-state index contributed by atoms with van der Waals surface area (Å²) in [6, 6.07) is 10.1. The molecule has 1 heterocycles. The van der Waals surface area contributed by atoms with Crippen LogP contribution in [0.5, 0.6) is 0 Å². The first kappa shape index (κ1) is 28.6. The Balaban J connectivity index is 1.75. The number of halogens is 2. The number of rotatable bonds is 12. The van der Waals surface area contributed by atoms with Crippen molar-refractivity contribution < 1.29 is 27.1 Å². The van der Waals surface area contributed by atoms with E-state index < -0.39 is 39.7 Å². The van der Waals surface area contributed by atoms with Crippen LogP contribution in [0.1, 0.15) is 39.0 Å². The van der Waals surface area contributed by atoms with Crippen LogP contribution in [0.4, 0.5) is 13.9 Å². The summed E-state index contributed by atoms with van der Waals surface area (Å²) in [6.07, 6.45) is 0.704. The van der Waals surface area contributed by atoms with E-state index in [1.807, 2.05) is 18.2 Å². The number of nitrogens with zero attached hydrogens (tertiary/aromatic N) is 1. The monoisotopic (exact) mass is 552 g/mol. The quantitative estimate of drug-likeness (QED) is 0.274. The first-order valence-electron chi connectivity index (χ1n) is 11.6. The molecular formula is C25H30F2N4O4S2. The summed E-state index contributed by atoms with van der Waals surface area (Å²) >= 11 is 0.991. The van der Waals surface area contributed by atoms with Gasteiger partial charge < -0.3 is 15.7 Å². The highest BCUT2D eigenvalue weighted by atomic mass is 32.2. The lowest BCUT2D eigenvalue weighted by Gasteiger charge is -2.25. The number of aryl methyl sites for hydroxylation is 2. The number of nitrogens with one attached hydrogen (secondary N) is 3. The van der Waals surface area contributed by atoms with E-state index >= 15 is 0 Å². The Kier molecular flexibility index (Phi) is 9.71. The van der Waals surface area contributed by atoms with E-state index in [9.17, 15) is 27.1 Å². The van der Waals surface area contributed by atoms with Gasteiger partial charge in [0, 0.05) is 24.0 Å². The number of aromatic nitrogens is 1. The van der Waals surface area contributed by atoms with E-state index in [0.29, 0.717) is 11.4 Å². The van der Waals surface area contributed by atoms with Gasteiger partial charge in [-0.1, -0.05) is 31.2 Å². The lowest BCUT2D eigenvalue weighted by atomic mass is 10.00. The van der Waals surface area contributed by atoms with Gasteiger partial charge in [0.1, 0.15) is 17.3 Å². The Bertz CT molecular complexity index is 1330. The molecule has 0 spiro atoms. The average molecular weight is 553 g/mol. The van der Waals surface area contributed by atoms with Crippen LogP contribution in [0.2, 0.25) is 0 Å². The number of anilines is 1. The highest BCUT2D eigenvalue weighted by Gasteiger charge is 2.25. The third-order valence-corrected chi connectivity index (χ3v) is 7.11. The molecule has 8 nitrogen and oxygen atoms in total. The maximum absolute atomic E-state index is 13.8. The molecule has 1 amide bonds. The number of aliphatic hydroxyl groups excluding tert-OH is 1. The molecule has 0 saturated carbocycles. The molecule has 37 heavy (non-hydrogen) atoms. The second kappa shape index (κ2) is 12.5. The Labute approximate surface area is 219 Å². The summed E-state index contributed by atoms with van der Waals surface area (Å²) < 4.78 is 52.8. The van der Waals surface area contributed by atoms with Gasteiger partial charge in [-0.3, -0.25) is 9.52 Å². The highest BCUT2D eigenvalue weighted by molar-refractivity contribution is 7.92. The third kappa shape index (κ3) is 8.85. The van der Waals surface area contributed by atoms with Crippen LogP contribution < -0.4 is 15.4 Å². The number of sulfonamides is 1. The molecule has 200 valence electrons. The number of carbonyl (C=O) groups excluding carboxylic acids is 1. The number of thiazole rings is 1. The maximum atomic E-state index is 13.8. The fraction of sp³-hybridized carbons (Fsp3) is 0.360. The minimum Gasteiger partial charge on any atom is -0.390 e. The molecule has 2 aromatic carbocycles. The predicted molar refractivity (Wildman–Crippen MR) is 140 cm³/mol. The van der Waals surface area contributed by atoms with Crippen molar-refractivity contribution >= 4 is 32.4 Å². The van der Waals surface area contributed by atoms with E-state index in [1.165, 1.54) is 5.56 Å². The van der Waals surface area contributed by atoms with E-state index in [2.05, 4.69) is 33.3 Å². The van der Waals surface area contributed by atoms with Crippen LogP contribution in [0.15, 0.2) is 42.5 Å². The molecule has 0 fully saturated rings. The minimum absolute atomic E-state index is 0.0110. The fourth-order valence-electron chi connectivity index (χ4n) is 3.78. The molecule has 0 saturated heterocycles. The van der Waals surface area contributed by atoms with Crippen LogP contribution in [-0.4, -0.2) is 49.4 Å². The standard InChI is InChI=1S/C25H30F2N4O4S2/c1-4-16-6-5-7-17(8-16)13-28-14-22(32)21(11-18-9-19(26)12-20(27)10-18)29-24(33)23-15(2)36-25(30-23)31-37(3,34)35/h5-10,12,21-22,28,32H,4,11,13-14H2,1-3H3,(H,29,33)(H,30,31). The van der Waals surface area contributed by atoms with Gasteiger partial charge in [-0.15, -0.1) is 11.3 Å². The normalized spacial score (nSPS) is 13.2. The summed E-state index contributed by atoms with van der Waals surface area (Å²) in [5.41, 5.74) is 2.46. The topological polar surface area (TPSA) is 120 Å². The number of carbonyl (C=O) groups is 1. The molecule has 0 aliphatic carbocycles. The van der Waals surface area contributed by atoms with Gasteiger partial charge in [-0.2, -0.15) is 0 Å². The first-order chi connectivity index (χ1) is 17.4. The van der Waals surface area contributed by atoms with E-state index in [4.69, 9.17) is 0 Å². The van der Waals surface area contributed by atoms with Crippen LogP contribution >= 0.6 is 11.3 Å². The van der Waals surface area contributed by atoms with Gasteiger partial charge in [0.25, 0.3) is 5.91 Å². The van der Waals surface area contributed by atoms with Crippen molar-refractivity contribution in [3.8, 4) is 0 Å². The van der Waals surface area contributed by atoms with Crippen molar-refractivity contribution in [3.63, 3.8) is 0 Å². The SMILES string of the molecule is CCc1cccc(CNCC(O)C(Cc2cc(F)cc(F)c2)NC(=O)c2nc(NS(C)(=O)=O)sc2C)c1. The maximum Gasteiger partial charge on any atom is 0.271 e. The Hall–Kier alpha value is -2.93. The Morgan fingerprint density at radius 2 is 1.78 bits per heavy atom. The highest BCUT2D eigenvalue weighted by Crippen LogP contribution is 2.23. The lowest BCUT2D eigenvalue weighted by Crippen LogP contribution is -2.48. The van der Waals surface area contributed by atoms with Gasteiger partial charge >= 0.3 is 0 Å². The van der Waals surface area contributed by atoms with Crippen molar-refractivity contribution in [2.24, 2.45) is 0 Å². The Morgan fingerprint density at radius 1 is 1.11 bits per heavy atom. The molecular weight excluding hydrogens is 522 g/mol. The number of hydrogen-bond acceptors (Lipinski definition) is 7. The van der Waals surface area contributed by atoms with E-state index in [1.54, 1.807) is 6.92 Å². The zero-order valence-electron chi connectivity index (χ0n) is 20.7. The van der Waals surface area contributed by atoms with Crippen LogP contribution in [0.25, 0.3) is 0 Å². The van der Waals surface area contributed by atoms with Crippen molar-refractivity contribution in [2.45, 2.75) is 45.4 Å². The van der Waals surface area contributed by atoms with E-state index in [-0.39, 0.29) is 29.4 Å². The number of aliphatic hydroxyl groups is 1. The zero-order chi connectivity index (χ0) is 27.2. The predicted octanol–water partition coefficient (Wildman–Crippen LogP) is 3.16. The molecule has 0 radical (unpaired) electrons. The summed E-state index contributed by atoms with van der Waals surface area (Å²) in [4.78, 5) is 17.5. The molecule has 0 aliphatic rings. The number of benzene rings is 2. The van der Waals surface area contributed by atoms with Crippen molar-refractivity contribution in [3.05, 3.63) is 81.4 Å². The summed E-state index contributed by atoms with van der Waals surface area (Å²) in [7, 11) is -3.58. The number of hydrogen-bond donors (Lipinski definition) is 4. The largest absolute Gasteiger partial charge is 0.390 e. The van der Waals surface area contributed by atoms with Crippen LogP contribution in [0.3, 0.4) is 0 Å². The molecule has 4 N–H and O–H groups in total. The van der Waals surface area contributed by atoms with Gasteiger partial charge in [0.05, 0.1) is 18.4 Å². The van der Waals surface area contributed by atoms with Crippen LogP contribution in [0, 0.1) is 18.6 Å². The minimum atomic E-state index is -3.58. The number of amides is 1. The fourth-order valence-corrected chi connectivity index (χ4v) is 5.42. The molecule has 3 aromatic rings. The van der Waals surface area contributed by atoms with Gasteiger partial charge in [-0.25, -0.2) is 22.2 Å². The van der Waals surface area contributed by atoms with Crippen molar-refractivity contribution in [1.29, 1.82) is 0 Å². The molecule has 0 bridgehead atoms. The van der Waals surface area contributed by atoms with Crippen LogP contribution in [-0.2, 0) is 29.4 Å². The zero-order valence-corrected chi connectivity index (χ0v) is 22.3. The molecule has 2 atom stereocenters. The van der Waals surface area contributed by atoms with Gasteiger partial charge in [0.2, 0.25) is 10.0 Å². The lowest BCUT2D eigenvalue weighted by molar-refractivity contribution is 0.0825. The van der Waals surface area contributed by atoms with Crippen molar-refractivity contribution in [1.82, 2.24) is 15.6 Å². The second-order valence-corrected chi connectivity index (χ2v) is 11.7. The molecule has 2 unspecified atom stereocenters. The molecule has 0 aliphatic heterocycles. The van der Waals surface area contributed by atoms with Gasteiger partial charge in [0.15, 0.2) is 5.13 Å². The average Bonchev–Trinajstić information content (AvgIpc) is 3.16. The Morgan fingerprint density at radius 3 is 2.43 bits per heavy atom. The third-order valence-electron chi connectivity index (χ3n) is 5.53. The molecule has 3 rings (SSSR count). The molecule has 1 aromatic heterocycles. The summed E-state index contributed by atoms with van der Waals surface area (Å²) in [5.74, 6) is -2.18. The summed E-state index contributed by atoms with van der Waals surface area (Å²) in [6.45, 7) is 4.24.